The number of allylic oxidation sites excluding steroid dienone is 2. The van der Waals surface area contributed by atoms with Crippen LogP contribution >= 0.6 is 0 Å². The van der Waals surface area contributed by atoms with Gasteiger partial charge in [0.15, 0.2) is 0 Å². The fourth-order valence-corrected chi connectivity index (χ4v) is 3.52. The third kappa shape index (κ3) is 1.81. The molecule has 1 saturated carbocycles. The number of nitrogens with one attached hydrogen (secondary N) is 1. The number of hydrogen-bond donors (Lipinski definition) is 1. The quantitative estimate of drug-likeness (QED) is 0.774. The van der Waals surface area contributed by atoms with E-state index in [2.05, 4.69) is 43.5 Å². The van der Waals surface area contributed by atoms with Crippen molar-refractivity contribution >= 4 is 11.4 Å². The normalized spacial score (nSPS) is 33.6. The second kappa shape index (κ2) is 4.22. The van der Waals surface area contributed by atoms with Crippen LogP contribution in [-0.2, 0) is 0 Å². The Morgan fingerprint density at radius 3 is 2.63 bits per heavy atom. The minimum Gasteiger partial charge on any atom is -0.278 e. The second-order valence-electron chi connectivity index (χ2n) is 6.53. The molecule has 2 aliphatic carbocycles. The van der Waals surface area contributed by atoms with Crippen molar-refractivity contribution in [3.05, 3.63) is 42.5 Å². The van der Waals surface area contributed by atoms with Crippen molar-refractivity contribution in [2.75, 3.05) is 5.43 Å². The number of fused-ring (bicyclic) bond motifs is 2. The van der Waals surface area contributed by atoms with Crippen LogP contribution in [0.3, 0.4) is 0 Å². The summed E-state index contributed by atoms with van der Waals surface area (Å²) in [5.74, 6) is 0.702. The van der Waals surface area contributed by atoms with E-state index in [4.69, 9.17) is 0 Å². The van der Waals surface area contributed by atoms with Crippen molar-refractivity contribution in [3.63, 3.8) is 0 Å². The number of anilines is 1. The van der Waals surface area contributed by atoms with Crippen LogP contribution in [0.2, 0.25) is 0 Å². The van der Waals surface area contributed by atoms with E-state index in [1.807, 2.05) is 30.3 Å². The van der Waals surface area contributed by atoms with E-state index in [0.29, 0.717) is 11.3 Å². The van der Waals surface area contributed by atoms with E-state index in [1.54, 1.807) is 0 Å². The average molecular weight is 254 g/mol. The number of hydrazone groups is 1. The molecule has 0 aliphatic heterocycles. The average Bonchev–Trinajstić information content (AvgIpc) is 2.55. The fraction of sp³-hybridized carbons (Fsp3) is 0.471. The lowest BCUT2D eigenvalue weighted by atomic mass is 9.61. The van der Waals surface area contributed by atoms with Gasteiger partial charge < -0.3 is 0 Å². The molecule has 1 aromatic rings. The van der Waals surface area contributed by atoms with Crippen LogP contribution in [0.25, 0.3) is 0 Å². The first-order valence-electron chi connectivity index (χ1n) is 7.11. The van der Waals surface area contributed by atoms with Gasteiger partial charge in [-0.15, -0.1) is 0 Å². The van der Waals surface area contributed by atoms with Gasteiger partial charge in [0.25, 0.3) is 0 Å². The summed E-state index contributed by atoms with van der Waals surface area (Å²) in [6.07, 6.45) is 7.08. The predicted octanol–water partition coefficient (Wildman–Crippen LogP) is 4.47. The van der Waals surface area contributed by atoms with Gasteiger partial charge in [-0.05, 0) is 42.4 Å². The topological polar surface area (TPSA) is 24.4 Å². The zero-order valence-electron chi connectivity index (χ0n) is 12.0. The highest BCUT2D eigenvalue weighted by atomic mass is 15.3. The number of benzene rings is 1. The van der Waals surface area contributed by atoms with Crippen LogP contribution in [0.5, 0.6) is 0 Å². The molecule has 2 bridgehead atoms. The molecule has 3 rings (SSSR count). The summed E-state index contributed by atoms with van der Waals surface area (Å²) in [6.45, 7) is 7.13. The smallest absolute Gasteiger partial charge is 0.0668 e. The van der Waals surface area contributed by atoms with Gasteiger partial charge >= 0.3 is 0 Å². The Balaban J connectivity index is 1.89. The monoisotopic (exact) mass is 254 g/mol. The molecule has 0 amide bonds. The first-order valence-corrected chi connectivity index (χ1v) is 7.11. The van der Waals surface area contributed by atoms with E-state index < -0.39 is 0 Å². The molecule has 2 nitrogen and oxygen atoms in total. The van der Waals surface area contributed by atoms with E-state index in [1.165, 1.54) is 18.6 Å². The molecule has 0 saturated heterocycles. The van der Waals surface area contributed by atoms with Gasteiger partial charge in [0.1, 0.15) is 0 Å². The Hall–Kier alpha value is -1.57. The molecule has 1 N–H and O–H groups in total. The van der Waals surface area contributed by atoms with Crippen LogP contribution in [0.1, 0.15) is 33.6 Å². The summed E-state index contributed by atoms with van der Waals surface area (Å²) < 4.78 is 0. The first kappa shape index (κ1) is 12.5. The lowest BCUT2D eigenvalue weighted by Gasteiger charge is -2.43. The Morgan fingerprint density at radius 1 is 1.16 bits per heavy atom. The van der Waals surface area contributed by atoms with E-state index in [-0.39, 0.29) is 5.41 Å². The van der Waals surface area contributed by atoms with E-state index in [9.17, 15) is 0 Å². The minimum absolute atomic E-state index is 0.189. The zero-order chi connectivity index (χ0) is 13.5. The summed E-state index contributed by atoms with van der Waals surface area (Å²) in [6, 6.07) is 10.2. The Bertz CT molecular complexity index is 527. The maximum atomic E-state index is 4.68. The summed E-state index contributed by atoms with van der Waals surface area (Å²) >= 11 is 0. The van der Waals surface area contributed by atoms with Crippen molar-refractivity contribution < 1.29 is 0 Å². The molecular formula is C17H22N2. The molecular weight excluding hydrogens is 232 g/mol. The molecule has 2 heteroatoms. The molecule has 0 spiro atoms. The summed E-state index contributed by atoms with van der Waals surface area (Å²) in [7, 11) is 0. The SMILES string of the molecule is CC12CCC(C=C/C1=N\Nc1ccccc1)C2(C)C. The van der Waals surface area contributed by atoms with Gasteiger partial charge in [-0.25, -0.2) is 0 Å². The molecule has 2 unspecified atom stereocenters. The second-order valence-corrected chi connectivity index (χ2v) is 6.53. The van der Waals surface area contributed by atoms with Crippen molar-refractivity contribution in [1.82, 2.24) is 0 Å². The number of hydrogen-bond acceptors (Lipinski definition) is 2. The van der Waals surface area contributed by atoms with Gasteiger partial charge in [-0.2, -0.15) is 5.10 Å². The third-order valence-electron chi connectivity index (χ3n) is 5.44. The van der Waals surface area contributed by atoms with E-state index in [0.717, 1.165) is 5.69 Å². The van der Waals surface area contributed by atoms with Crippen molar-refractivity contribution in [2.45, 2.75) is 33.6 Å². The highest BCUT2D eigenvalue weighted by molar-refractivity contribution is 6.01. The van der Waals surface area contributed by atoms with Gasteiger partial charge in [0.2, 0.25) is 0 Å². The van der Waals surface area contributed by atoms with Gasteiger partial charge in [-0.1, -0.05) is 45.0 Å². The van der Waals surface area contributed by atoms with Crippen LogP contribution in [0.4, 0.5) is 5.69 Å². The molecule has 0 heterocycles. The largest absolute Gasteiger partial charge is 0.278 e. The van der Waals surface area contributed by atoms with Crippen molar-refractivity contribution in [1.29, 1.82) is 0 Å². The molecule has 1 aromatic carbocycles. The first-order chi connectivity index (χ1) is 9.04. The van der Waals surface area contributed by atoms with Crippen LogP contribution in [-0.4, -0.2) is 5.71 Å². The Kier molecular flexibility index (Phi) is 2.77. The molecule has 2 aliphatic rings. The van der Waals surface area contributed by atoms with Gasteiger partial charge in [0, 0.05) is 5.41 Å². The number of nitrogens with zero attached hydrogens (tertiary/aromatic N) is 1. The number of para-hydroxylation sites is 1. The highest BCUT2D eigenvalue weighted by Crippen LogP contribution is 2.59. The van der Waals surface area contributed by atoms with Crippen LogP contribution < -0.4 is 5.43 Å². The summed E-state index contributed by atoms with van der Waals surface area (Å²) in [5, 5.41) is 4.68. The molecule has 0 radical (unpaired) electrons. The Labute approximate surface area is 115 Å². The maximum Gasteiger partial charge on any atom is 0.0668 e. The van der Waals surface area contributed by atoms with Crippen molar-refractivity contribution in [3.8, 4) is 0 Å². The van der Waals surface area contributed by atoms with Gasteiger partial charge in [-0.3, -0.25) is 5.43 Å². The molecule has 0 aromatic heterocycles. The summed E-state index contributed by atoms with van der Waals surface area (Å²) in [5.41, 5.74) is 5.93. The molecule has 2 atom stereocenters. The maximum absolute atomic E-state index is 4.68. The number of rotatable bonds is 2. The molecule has 100 valence electrons. The molecule has 19 heavy (non-hydrogen) atoms. The van der Waals surface area contributed by atoms with Gasteiger partial charge in [0.05, 0.1) is 11.4 Å². The predicted molar refractivity (Wildman–Crippen MR) is 81.3 cm³/mol. The van der Waals surface area contributed by atoms with Crippen LogP contribution in [0, 0.1) is 16.7 Å². The lowest BCUT2D eigenvalue weighted by Crippen LogP contribution is -2.42. The Morgan fingerprint density at radius 2 is 1.89 bits per heavy atom. The fourth-order valence-electron chi connectivity index (χ4n) is 3.52. The minimum atomic E-state index is 0.189. The zero-order valence-corrected chi connectivity index (χ0v) is 12.0. The molecule has 1 fully saturated rings. The van der Waals surface area contributed by atoms with E-state index >= 15 is 0 Å². The lowest BCUT2D eigenvalue weighted by molar-refractivity contribution is 0.174. The standard InChI is InChI=1S/C17H22N2/c1-16(2)13-9-10-15(17(16,3)12-11-13)19-18-14-7-5-4-6-8-14/h4-10,13,18H,11-12H2,1-3H3/b19-15+. The van der Waals surface area contributed by atoms with Crippen LogP contribution in [0.15, 0.2) is 47.6 Å². The van der Waals surface area contributed by atoms with Crippen molar-refractivity contribution in [2.24, 2.45) is 21.8 Å². The third-order valence-corrected chi connectivity index (χ3v) is 5.44. The highest BCUT2D eigenvalue weighted by Gasteiger charge is 2.54. The summed E-state index contributed by atoms with van der Waals surface area (Å²) in [4.78, 5) is 0.